The lowest BCUT2D eigenvalue weighted by Crippen LogP contribution is -2.28. The van der Waals surface area contributed by atoms with Crippen LogP contribution in [0.3, 0.4) is 0 Å². The maximum Gasteiger partial charge on any atom is 0.269 e. The van der Waals surface area contributed by atoms with E-state index in [4.69, 9.17) is 0 Å². The minimum Gasteiger partial charge on any atom is -0.238 e. The molecule has 156 valence electrons. The highest BCUT2D eigenvalue weighted by molar-refractivity contribution is 7.93. The summed E-state index contributed by atoms with van der Waals surface area (Å²) in [5, 5.41) is 0. The molecule has 0 aliphatic heterocycles. The minimum atomic E-state index is -3.94. The summed E-state index contributed by atoms with van der Waals surface area (Å²) >= 11 is 0. The number of anilines is 2. The van der Waals surface area contributed by atoms with Crippen LogP contribution < -0.4 is 4.31 Å². The largest absolute Gasteiger partial charge is 0.269 e. The molecule has 0 spiro atoms. The molecule has 5 nitrogen and oxygen atoms in total. The van der Waals surface area contributed by atoms with E-state index in [2.05, 4.69) is 9.97 Å². The molecule has 3 aromatic carbocycles. The monoisotopic (exact) mass is 429 g/mol. The Bertz CT molecular complexity index is 1300. The summed E-state index contributed by atoms with van der Waals surface area (Å²) in [6, 6.07) is 25.5. The predicted molar refractivity (Wildman–Crippen MR) is 124 cm³/mol. The molecule has 0 N–H and O–H groups in total. The first-order valence-electron chi connectivity index (χ1n) is 9.95. The van der Waals surface area contributed by atoms with E-state index in [0.717, 1.165) is 11.1 Å². The highest BCUT2D eigenvalue weighted by atomic mass is 32.2. The molecule has 0 saturated carbocycles. The van der Waals surface area contributed by atoms with E-state index in [-0.39, 0.29) is 4.90 Å². The molecule has 4 rings (SSSR count). The van der Waals surface area contributed by atoms with Crippen LogP contribution >= 0.6 is 0 Å². The van der Waals surface area contributed by atoms with Crippen molar-refractivity contribution in [3.05, 3.63) is 102 Å². The number of benzene rings is 3. The molecule has 0 amide bonds. The van der Waals surface area contributed by atoms with Crippen LogP contribution in [0.4, 0.5) is 11.5 Å². The Morgan fingerprint density at radius 1 is 0.710 bits per heavy atom. The summed E-state index contributed by atoms with van der Waals surface area (Å²) in [6.45, 7) is 5.57. The topological polar surface area (TPSA) is 63.2 Å². The van der Waals surface area contributed by atoms with Gasteiger partial charge >= 0.3 is 0 Å². The Morgan fingerprint density at radius 3 is 1.90 bits per heavy atom. The van der Waals surface area contributed by atoms with Crippen LogP contribution in [-0.2, 0) is 10.0 Å². The lowest BCUT2D eigenvalue weighted by Gasteiger charge is -2.26. The number of nitrogens with zero attached hydrogens (tertiary/aromatic N) is 3. The predicted octanol–water partition coefficient (Wildman–Crippen LogP) is 5.60. The second-order valence-corrected chi connectivity index (χ2v) is 9.13. The zero-order valence-corrected chi connectivity index (χ0v) is 18.5. The molecule has 6 heteroatoms. The van der Waals surface area contributed by atoms with Gasteiger partial charge in [0.1, 0.15) is 5.82 Å². The van der Waals surface area contributed by atoms with Crippen molar-refractivity contribution in [2.24, 2.45) is 0 Å². The van der Waals surface area contributed by atoms with Crippen molar-refractivity contribution >= 4 is 21.5 Å². The van der Waals surface area contributed by atoms with E-state index in [9.17, 15) is 8.42 Å². The third-order valence-corrected chi connectivity index (χ3v) is 6.72. The Hall–Kier alpha value is -3.51. The van der Waals surface area contributed by atoms with E-state index >= 15 is 0 Å². The highest BCUT2D eigenvalue weighted by Crippen LogP contribution is 2.39. The van der Waals surface area contributed by atoms with E-state index in [0.29, 0.717) is 28.6 Å². The number of sulfonamides is 1. The van der Waals surface area contributed by atoms with Gasteiger partial charge in [-0.2, -0.15) is 0 Å². The summed E-state index contributed by atoms with van der Waals surface area (Å²) in [6.07, 6.45) is 0. The average molecular weight is 430 g/mol. The molecule has 4 aromatic rings. The molecular formula is C25H23N3O2S. The molecule has 1 heterocycles. The number of hydrogen-bond donors (Lipinski definition) is 0. The van der Waals surface area contributed by atoms with Crippen molar-refractivity contribution in [2.75, 3.05) is 4.31 Å². The first-order chi connectivity index (χ1) is 14.9. The van der Waals surface area contributed by atoms with Gasteiger partial charge in [0.15, 0.2) is 5.82 Å². The van der Waals surface area contributed by atoms with E-state index in [1.165, 1.54) is 4.31 Å². The van der Waals surface area contributed by atoms with Crippen LogP contribution in [-0.4, -0.2) is 18.4 Å². The first kappa shape index (κ1) is 20.8. The van der Waals surface area contributed by atoms with E-state index in [1.807, 2.05) is 62.4 Å². The maximum atomic E-state index is 13.9. The van der Waals surface area contributed by atoms with Crippen LogP contribution in [0.25, 0.3) is 11.1 Å². The summed E-state index contributed by atoms with van der Waals surface area (Å²) in [7, 11) is -3.94. The van der Waals surface area contributed by atoms with Gasteiger partial charge in [-0.1, -0.05) is 66.2 Å². The molecule has 0 saturated heterocycles. The quantitative estimate of drug-likeness (QED) is 0.414. The van der Waals surface area contributed by atoms with Crippen LogP contribution in [0.2, 0.25) is 0 Å². The van der Waals surface area contributed by atoms with Gasteiger partial charge in [-0.15, -0.1) is 0 Å². The molecule has 0 fully saturated rings. The Balaban J connectivity index is 2.04. The molecule has 0 unspecified atom stereocenters. The van der Waals surface area contributed by atoms with Crippen molar-refractivity contribution in [3.63, 3.8) is 0 Å². The van der Waals surface area contributed by atoms with E-state index < -0.39 is 10.0 Å². The summed E-state index contributed by atoms with van der Waals surface area (Å²) in [4.78, 5) is 9.36. The van der Waals surface area contributed by atoms with Gasteiger partial charge in [0.2, 0.25) is 0 Å². The summed E-state index contributed by atoms with van der Waals surface area (Å²) in [5.74, 6) is 0.843. The molecule has 0 atom stereocenters. The normalized spacial score (nSPS) is 11.3. The fourth-order valence-corrected chi connectivity index (χ4v) is 4.99. The second kappa shape index (κ2) is 8.32. The molecule has 0 radical (unpaired) electrons. The van der Waals surface area contributed by atoms with Crippen molar-refractivity contribution in [1.82, 2.24) is 9.97 Å². The number of aromatic nitrogens is 2. The lowest BCUT2D eigenvalue weighted by molar-refractivity contribution is 0.596. The minimum absolute atomic E-state index is 0.204. The third kappa shape index (κ3) is 4.07. The van der Waals surface area contributed by atoms with Gasteiger partial charge < -0.3 is 0 Å². The number of para-hydroxylation sites is 1. The maximum absolute atomic E-state index is 13.9. The summed E-state index contributed by atoms with van der Waals surface area (Å²) in [5.41, 5.74) is 3.76. The Labute approximate surface area is 183 Å². The lowest BCUT2D eigenvalue weighted by atomic mass is 10.0. The number of hydrogen-bond acceptors (Lipinski definition) is 4. The van der Waals surface area contributed by atoms with Crippen molar-refractivity contribution in [1.29, 1.82) is 0 Å². The molecule has 31 heavy (non-hydrogen) atoms. The Morgan fingerprint density at radius 2 is 1.29 bits per heavy atom. The van der Waals surface area contributed by atoms with Gasteiger partial charge in [-0.25, -0.2) is 22.7 Å². The van der Waals surface area contributed by atoms with Crippen LogP contribution in [0.5, 0.6) is 0 Å². The van der Waals surface area contributed by atoms with Gasteiger partial charge in [-0.3, -0.25) is 0 Å². The fourth-order valence-electron chi connectivity index (χ4n) is 3.54. The van der Waals surface area contributed by atoms with Crippen molar-refractivity contribution in [2.45, 2.75) is 25.7 Å². The van der Waals surface area contributed by atoms with Crippen LogP contribution in [0, 0.1) is 20.8 Å². The fraction of sp³-hybridized carbons (Fsp3) is 0.120. The van der Waals surface area contributed by atoms with Crippen molar-refractivity contribution < 1.29 is 8.42 Å². The smallest absolute Gasteiger partial charge is 0.238 e. The zero-order valence-electron chi connectivity index (χ0n) is 17.6. The highest BCUT2D eigenvalue weighted by Gasteiger charge is 2.31. The van der Waals surface area contributed by atoms with Crippen molar-refractivity contribution in [3.8, 4) is 11.1 Å². The molecule has 0 aliphatic carbocycles. The molecule has 0 aliphatic rings. The standard InChI is InChI=1S/C25H23N3O2S/c1-18-14-16-23(17-15-18)31(29,30)28(22-12-8-5-9-13-22)25-24(19(2)26-20(3)27-25)21-10-6-4-7-11-21/h4-17H,1-3H3. The average Bonchev–Trinajstić information content (AvgIpc) is 2.75. The van der Waals surface area contributed by atoms with Gasteiger partial charge in [0, 0.05) is 5.56 Å². The zero-order chi connectivity index (χ0) is 22.0. The first-order valence-corrected chi connectivity index (χ1v) is 11.4. The third-order valence-electron chi connectivity index (χ3n) is 4.99. The van der Waals surface area contributed by atoms with Crippen LogP contribution in [0.15, 0.2) is 89.8 Å². The number of aryl methyl sites for hydroxylation is 3. The SMILES string of the molecule is Cc1ccc(S(=O)(=O)N(c2ccccc2)c2nc(C)nc(C)c2-c2ccccc2)cc1. The van der Waals surface area contributed by atoms with E-state index in [1.54, 1.807) is 43.3 Å². The van der Waals surface area contributed by atoms with Crippen LogP contribution in [0.1, 0.15) is 17.1 Å². The molecule has 1 aromatic heterocycles. The van der Waals surface area contributed by atoms with Gasteiger partial charge in [0.05, 0.1) is 16.3 Å². The van der Waals surface area contributed by atoms with Gasteiger partial charge in [-0.05, 0) is 50.6 Å². The Kier molecular flexibility index (Phi) is 5.57. The molecule has 0 bridgehead atoms. The van der Waals surface area contributed by atoms with Gasteiger partial charge in [0.25, 0.3) is 10.0 Å². The second-order valence-electron chi connectivity index (χ2n) is 7.34. The summed E-state index contributed by atoms with van der Waals surface area (Å²) < 4.78 is 29.2. The number of rotatable bonds is 5. The molecular weight excluding hydrogens is 406 g/mol.